The molecule has 2 rings (SSSR count). The van der Waals surface area contributed by atoms with Crippen molar-refractivity contribution in [1.29, 1.82) is 0 Å². The first-order valence-electron chi connectivity index (χ1n) is 6.30. The van der Waals surface area contributed by atoms with E-state index in [4.69, 9.17) is 0 Å². The molecular formula is C16H17NO2. The normalized spacial score (nSPS) is 10.2. The Morgan fingerprint density at radius 1 is 1.16 bits per heavy atom. The minimum absolute atomic E-state index is 0.0585. The molecule has 0 radical (unpaired) electrons. The summed E-state index contributed by atoms with van der Waals surface area (Å²) in [6, 6.07) is 14.2. The Morgan fingerprint density at radius 3 is 2.47 bits per heavy atom. The molecule has 0 saturated carbocycles. The fraction of sp³-hybridized carbons (Fsp3) is 0.188. The maximum absolute atomic E-state index is 12.5. The lowest BCUT2D eigenvalue weighted by atomic mass is 10.1. The second kappa shape index (κ2) is 5.57. The van der Waals surface area contributed by atoms with Gasteiger partial charge in [0, 0.05) is 18.2 Å². The predicted octanol–water partition coefficient (Wildman–Crippen LogP) is 3.37. The molecule has 1 amide bonds. The molecule has 0 aromatic heterocycles. The van der Waals surface area contributed by atoms with Gasteiger partial charge in [-0.05, 0) is 37.6 Å². The number of amides is 1. The summed E-state index contributed by atoms with van der Waals surface area (Å²) < 4.78 is 0. The van der Waals surface area contributed by atoms with Crippen LogP contribution in [0.5, 0.6) is 5.75 Å². The maximum atomic E-state index is 12.5. The van der Waals surface area contributed by atoms with Crippen LogP contribution >= 0.6 is 0 Å². The van der Waals surface area contributed by atoms with Crippen LogP contribution in [0.2, 0.25) is 0 Å². The Kier molecular flexibility index (Phi) is 3.85. The molecule has 19 heavy (non-hydrogen) atoms. The van der Waals surface area contributed by atoms with Crippen molar-refractivity contribution in [2.75, 3.05) is 11.4 Å². The lowest BCUT2D eigenvalue weighted by Gasteiger charge is -2.23. The van der Waals surface area contributed by atoms with Crippen molar-refractivity contribution in [2.24, 2.45) is 0 Å². The van der Waals surface area contributed by atoms with E-state index >= 15 is 0 Å². The lowest BCUT2D eigenvalue weighted by molar-refractivity contribution is 0.0988. The SMILES string of the molecule is CCN(C(=O)c1ccccc1)c1cc(O)ccc1C. The molecule has 98 valence electrons. The summed E-state index contributed by atoms with van der Waals surface area (Å²) in [6.07, 6.45) is 0. The minimum Gasteiger partial charge on any atom is -0.508 e. The second-order valence-corrected chi connectivity index (χ2v) is 4.39. The number of hydrogen-bond acceptors (Lipinski definition) is 2. The van der Waals surface area contributed by atoms with Gasteiger partial charge in [-0.3, -0.25) is 4.79 Å². The third-order valence-electron chi connectivity index (χ3n) is 3.07. The molecule has 0 heterocycles. The molecule has 0 unspecified atom stereocenters. The highest BCUT2D eigenvalue weighted by molar-refractivity contribution is 6.06. The standard InChI is InChI=1S/C16H17NO2/c1-3-17(15-11-14(18)10-9-12(15)2)16(19)13-7-5-4-6-8-13/h4-11,18H,3H2,1-2H3. The summed E-state index contributed by atoms with van der Waals surface area (Å²) in [5.74, 6) is 0.108. The number of nitrogens with zero attached hydrogens (tertiary/aromatic N) is 1. The van der Waals surface area contributed by atoms with Gasteiger partial charge in [0.2, 0.25) is 0 Å². The number of benzene rings is 2. The summed E-state index contributed by atoms with van der Waals surface area (Å²) in [5, 5.41) is 9.60. The number of carbonyl (C=O) groups excluding carboxylic acids is 1. The van der Waals surface area contributed by atoms with E-state index in [1.54, 1.807) is 29.2 Å². The Morgan fingerprint density at radius 2 is 1.84 bits per heavy atom. The molecule has 0 atom stereocenters. The highest BCUT2D eigenvalue weighted by Crippen LogP contribution is 2.26. The summed E-state index contributed by atoms with van der Waals surface area (Å²) in [4.78, 5) is 14.2. The van der Waals surface area contributed by atoms with Crippen molar-refractivity contribution in [2.45, 2.75) is 13.8 Å². The van der Waals surface area contributed by atoms with Crippen LogP contribution in [0.1, 0.15) is 22.8 Å². The molecule has 0 aliphatic heterocycles. The summed E-state index contributed by atoms with van der Waals surface area (Å²) in [5.41, 5.74) is 2.35. The van der Waals surface area contributed by atoms with Crippen molar-refractivity contribution >= 4 is 11.6 Å². The molecule has 0 aliphatic carbocycles. The lowest BCUT2D eigenvalue weighted by Crippen LogP contribution is -2.31. The molecule has 0 bridgehead atoms. The first-order valence-corrected chi connectivity index (χ1v) is 6.30. The van der Waals surface area contributed by atoms with Crippen LogP contribution < -0.4 is 4.90 Å². The van der Waals surface area contributed by atoms with Crippen molar-refractivity contribution in [3.8, 4) is 5.75 Å². The van der Waals surface area contributed by atoms with Gasteiger partial charge in [0.25, 0.3) is 5.91 Å². The van der Waals surface area contributed by atoms with Gasteiger partial charge in [-0.1, -0.05) is 24.3 Å². The maximum Gasteiger partial charge on any atom is 0.258 e. The number of carbonyl (C=O) groups is 1. The second-order valence-electron chi connectivity index (χ2n) is 4.39. The molecule has 0 fully saturated rings. The summed E-state index contributed by atoms with van der Waals surface area (Å²) >= 11 is 0. The number of aromatic hydroxyl groups is 1. The zero-order valence-electron chi connectivity index (χ0n) is 11.1. The van der Waals surface area contributed by atoms with Crippen LogP contribution in [0.25, 0.3) is 0 Å². The summed E-state index contributed by atoms with van der Waals surface area (Å²) in [7, 11) is 0. The van der Waals surface area contributed by atoms with Crippen LogP contribution in [-0.4, -0.2) is 17.6 Å². The van der Waals surface area contributed by atoms with E-state index in [1.165, 1.54) is 0 Å². The van der Waals surface area contributed by atoms with Gasteiger partial charge in [0.1, 0.15) is 5.75 Å². The molecule has 0 spiro atoms. The van der Waals surface area contributed by atoms with Crippen LogP contribution in [0.4, 0.5) is 5.69 Å². The number of anilines is 1. The van der Waals surface area contributed by atoms with Crippen molar-refractivity contribution in [3.05, 3.63) is 59.7 Å². The van der Waals surface area contributed by atoms with E-state index in [2.05, 4.69) is 0 Å². The zero-order valence-corrected chi connectivity index (χ0v) is 11.1. The van der Waals surface area contributed by atoms with Crippen LogP contribution in [0, 0.1) is 6.92 Å². The fourth-order valence-corrected chi connectivity index (χ4v) is 2.05. The van der Waals surface area contributed by atoms with E-state index in [-0.39, 0.29) is 11.7 Å². The number of phenolic OH excluding ortho intramolecular Hbond substituents is 1. The van der Waals surface area contributed by atoms with E-state index < -0.39 is 0 Å². The van der Waals surface area contributed by atoms with Gasteiger partial charge < -0.3 is 10.0 Å². The smallest absolute Gasteiger partial charge is 0.258 e. The fourth-order valence-electron chi connectivity index (χ4n) is 2.05. The van der Waals surface area contributed by atoms with Gasteiger partial charge in [0.05, 0.1) is 5.69 Å². The van der Waals surface area contributed by atoms with Gasteiger partial charge in [-0.25, -0.2) is 0 Å². The van der Waals surface area contributed by atoms with Crippen molar-refractivity contribution in [3.63, 3.8) is 0 Å². The average Bonchev–Trinajstić information content (AvgIpc) is 2.44. The number of rotatable bonds is 3. The summed E-state index contributed by atoms with van der Waals surface area (Å²) in [6.45, 7) is 4.40. The van der Waals surface area contributed by atoms with E-state index in [1.807, 2.05) is 38.1 Å². The van der Waals surface area contributed by atoms with Gasteiger partial charge in [-0.2, -0.15) is 0 Å². The first-order chi connectivity index (χ1) is 9.13. The van der Waals surface area contributed by atoms with Crippen molar-refractivity contribution in [1.82, 2.24) is 0 Å². The van der Waals surface area contributed by atoms with Gasteiger partial charge >= 0.3 is 0 Å². The number of phenols is 1. The van der Waals surface area contributed by atoms with Crippen LogP contribution in [0.3, 0.4) is 0 Å². The Labute approximate surface area is 113 Å². The van der Waals surface area contributed by atoms with Crippen LogP contribution in [-0.2, 0) is 0 Å². The van der Waals surface area contributed by atoms with E-state index in [0.29, 0.717) is 12.1 Å². The Bertz CT molecular complexity index is 579. The molecule has 3 heteroatoms. The Hall–Kier alpha value is -2.29. The zero-order chi connectivity index (χ0) is 13.8. The van der Waals surface area contributed by atoms with E-state index in [0.717, 1.165) is 11.3 Å². The monoisotopic (exact) mass is 255 g/mol. The highest BCUT2D eigenvalue weighted by Gasteiger charge is 2.17. The van der Waals surface area contributed by atoms with Crippen molar-refractivity contribution < 1.29 is 9.90 Å². The molecule has 2 aromatic rings. The molecular weight excluding hydrogens is 238 g/mol. The highest BCUT2D eigenvalue weighted by atomic mass is 16.3. The molecule has 2 aromatic carbocycles. The predicted molar refractivity (Wildman–Crippen MR) is 76.6 cm³/mol. The van der Waals surface area contributed by atoms with Crippen LogP contribution in [0.15, 0.2) is 48.5 Å². The first kappa shape index (κ1) is 13.1. The molecule has 0 saturated heterocycles. The quantitative estimate of drug-likeness (QED) is 0.913. The Balaban J connectivity index is 2.40. The topological polar surface area (TPSA) is 40.5 Å². The molecule has 3 nitrogen and oxygen atoms in total. The number of hydrogen-bond donors (Lipinski definition) is 1. The van der Waals surface area contributed by atoms with Gasteiger partial charge in [-0.15, -0.1) is 0 Å². The minimum atomic E-state index is -0.0585. The van der Waals surface area contributed by atoms with E-state index in [9.17, 15) is 9.90 Å². The third kappa shape index (κ3) is 2.76. The molecule has 0 aliphatic rings. The third-order valence-corrected chi connectivity index (χ3v) is 3.07. The molecule has 1 N–H and O–H groups in total. The average molecular weight is 255 g/mol. The number of aryl methyl sites for hydroxylation is 1. The largest absolute Gasteiger partial charge is 0.508 e. The van der Waals surface area contributed by atoms with Gasteiger partial charge in [0.15, 0.2) is 0 Å².